The predicted molar refractivity (Wildman–Crippen MR) is 185 cm³/mol. The third-order valence-corrected chi connectivity index (χ3v) is 5.80. The number of benzene rings is 1. The van der Waals surface area contributed by atoms with Crippen LogP contribution >= 0.6 is 0 Å². The van der Waals surface area contributed by atoms with Crippen molar-refractivity contribution in [3.63, 3.8) is 0 Å². The number of rotatable bonds is 5. The Labute approximate surface area is 266 Å². The van der Waals surface area contributed by atoms with E-state index in [4.69, 9.17) is 0 Å². The molecule has 0 N–H and O–H groups in total. The van der Waals surface area contributed by atoms with Gasteiger partial charge in [0.15, 0.2) is 0 Å². The number of nitrogens with zero attached hydrogens (tertiary/aromatic N) is 1. The molecule has 1 aromatic rings. The van der Waals surface area contributed by atoms with E-state index in [1.54, 1.807) is 16.7 Å². The maximum Gasteiger partial charge on any atom is 0.0431 e. The van der Waals surface area contributed by atoms with Crippen molar-refractivity contribution >= 4 is 5.69 Å². The van der Waals surface area contributed by atoms with Crippen molar-refractivity contribution < 1.29 is 22.4 Å². The molecule has 0 unspecified atom stereocenters. The molecular weight excluding hydrogens is 655 g/mol. The Balaban J connectivity index is -0.000000104. The summed E-state index contributed by atoms with van der Waals surface area (Å²) in [5.41, 5.74) is 9.12. The summed E-state index contributed by atoms with van der Waals surface area (Å²) in [6.45, 7) is 33.0. The second-order valence-corrected chi connectivity index (χ2v) is 11.1. The summed E-state index contributed by atoms with van der Waals surface area (Å²) < 4.78 is 0. The Morgan fingerprint density at radius 1 is 0.692 bits per heavy atom. The van der Waals surface area contributed by atoms with E-state index in [9.17, 15) is 0 Å². The van der Waals surface area contributed by atoms with Crippen LogP contribution in [0.15, 0.2) is 41.0 Å². The number of allylic oxidation sites excluding steroid dienone is 4. The molecule has 0 bridgehead atoms. The molecule has 0 aliphatic heterocycles. The normalized spacial score (nSPS) is 11.6. The molecule has 2 heteroatoms. The first-order valence-corrected chi connectivity index (χ1v) is 15.0. The first-order chi connectivity index (χ1) is 16.8. The smallest absolute Gasteiger partial charge is 0.0431 e. The maximum absolute atomic E-state index is 2.42. The average Bonchev–Trinajstić information content (AvgIpc) is 2.81. The van der Waals surface area contributed by atoms with E-state index < -0.39 is 0 Å². The van der Waals surface area contributed by atoms with Gasteiger partial charge in [-0.15, -0.1) is 0 Å². The minimum absolute atomic E-state index is 0. The molecule has 1 aliphatic rings. The third kappa shape index (κ3) is 20.7. The van der Waals surface area contributed by atoms with Gasteiger partial charge >= 0.3 is 0 Å². The monoisotopic (exact) mass is 729 g/mol. The molecule has 1 aliphatic carbocycles. The van der Waals surface area contributed by atoms with Crippen LogP contribution in [0.25, 0.3) is 0 Å². The summed E-state index contributed by atoms with van der Waals surface area (Å²) in [5, 5.41) is 0. The molecule has 0 saturated carbocycles. The fourth-order valence-corrected chi connectivity index (χ4v) is 4.33. The van der Waals surface area contributed by atoms with Gasteiger partial charge in [-0.3, -0.25) is 0 Å². The zero-order valence-electron chi connectivity index (χ0n) is 30.2. The maximum atomic E-state index is 2.42. The predicted octanol–water partition coefficient (Wildman–Crippen LogP) is 13.1. The van der Waals surface area contributed by atoms with E-state index in [1.807, 2.05) is 13.8 Å². The Bertz CT molecular complexity index is 693. The van der Waals surface area contributed by atoms with Gasteiger partial charge in [0.2, 0.25) is 0 Å². The Kier molecular flexibility index (Phi) is 39.5. The molecule has 0 heterocycles. The Hall–Kier alpha value is -0.760. The van der Waals surface area contributed by atoms with Gasteiger partial charge in [0.25, 0.3) is 0 Å². The van der Waals surface area contributed by atoms with Crippen LogP contribution in [0.5, 0.6) is 0 Å². The zero-order valence-corrected chi connectivity index (χ0v) is 32.4. The first-order valence-electron chi connectivity index (χ1n) is 15.0. The quantitative estimate of drug-likeness (QED) is 0.216. The van der Waals surface area contributed by atoms with Gasteiger partial charge < -0.3 is 19.8 Å². The summed E-state index contributed by atoms with van der Waals surface area (Å²) in [6.07, 6.45) is 7.45. The van der Waals surface area contributed by atoms with E-state index in [2.05, 4.69) is 133 Å². The van der Waals surface area contributed by atoms with E-state index in [0.29, 0.717) is 17.8 Å². The molecule has 0 spiro atoms. The Morgan fingerprint density at radius 3 is 1.31 bits per heavy atom. The summed E-state index contributed by atoms with van der Waals surface area (Å²) in [5.74, 6) is 2.58. The van der Waals surface area contributed by atoms with Crippen LogP contribution in [0.4, 0.5) is 5.69 Å². The van der Waals surface area contributed by atoms with Crippen molar-refractivity contribution in [2.75, 3.05) is 19.0 Å². The number of hydrogen-bond acceptors (Lipinski definition) is 1. The number of para-hydroxylation sites is 1. The van der Waals surface area contributed by atoms with Gasteiger partial charge in [-0.25, -0.2) is 0 Å². The fourth-order valence-electron chi connectivity index (χ4n) is 4.33. The van der Waals surface area contributed by atoms with E-state index in [0.717, 1.165) is 5.92 Å². The minimum Gasteiger partial charge on any atom is -0.377 e. The molecule has 0 fully saturated rings. The van der Waals surface area contributed by atoms with Gasteiger partial charge in [0, 0.05) is 42.2 Å². The van der Waals surface area contributed by atoms with Crippen LogP contribution in [0.3, 0.4) is 0 Å². The second kappa shape index (κ2) is 30.2. The molecule has 0 amide bonds. The van der Waals surface area contributed by atoms with E-state index >= 15 is 0 Å². The third-order valence-electron chi connectivity index (χ3n) is 5.80. The molecule has 0 saturated heterocycles. The summed E-state index contributed by atoms with van der Waals surface area (Å²) in [6, 6.07) is 6.66. The molecule has 39 heavy (non-hydrogen) atoms. The van der Waals surface area contributed by atoms with Gasteiger partial charge in [0.1, 0.15) is 0 Å². The molecule has 0 atom stereocenters. The zero-order chi connectivity index (χ0) is 29.0. The molecular formula is C37H73AuN-2. The summed E-state index contributed by atoms with van der Waals surface area (Å²) in [7, 11) is 4.26. The van der Waals surface area contributed by atoms with Crippen LogP contribution in [0, 0.1) is 26.7 Å². The van der Waals surface area contributed by atoms with Crippen molar-refractivity contribution in [2.24, 2.45) is 11.8 Å². The van der Waals surface area contributed by atoms with Gasteiger partial charge in [-0.05, 0) is 65.7 Å². The van der Waals surface area contributed by atoms with Gasteiger partial charge in [-0.1, -0.05) is 140 Å². The van der Waals surface area contributed by atoms with Crippen molar-refractivity contribution in [3.05, 3.63) is 67.0 Å². The van der Waals surface area contributed by atoms with Crippen molar-refractivity contribution in [2.45, 2.75) is 141 Å². The minimum atomic E-state index is 0. The second-order valence-electron chi connectivity index (χ2n) is 11.1. The summed E-state index contributed by atoms with van der Waals surface area (Å²) >= 11 is 0. The molecule has 1 aromatic carbocycles. The standard InChI is InChI=1S/C14H23N.C13H22.2C3H8.C2H6.2CH3.Au/c1-10(2)12-8-7-9-13(11(3)4)14(12)15(5)6;1-9(2)12-7-6-8-13(10(3)4)11(12)5;2*1-3-2;1-2;;;/h7-11H,1-6H3;7,9-10H,6,8H2,1-5H3;2*3H2,1-2H3;1-2H3;2*1H3;/q;;;;;2*-1;. The first kappa shape index (κ1) is 51.0. The van der Waals surface area contributed by atoms with Crippen LogP contribution in [-0.2, 0) is 22.4 Å². The van der Waals surface area contributed by atoms with E-state index in [1.165, 1.54) is 42.5 Å². The average molecular weight is 729 g/mol. The van der Waals surface area contributed by atoms with Crippen molar-refractivity contribution in [3.8, 4) is 0 Å². The molecule has 0 aromatic heterocycles. The van der Waals surface area contributed by atoms with Gasteiger partial charge in [0.05, 0.1) is 0 Å². The molecule has 1 radical (unpaired) electrons. The SMILES string of the molecule is CC.CC(C)c1cccc(C(C)C)c1N(C)C.CC1=C(C(C)C)CCC=C1C(C)C.CCC.CCC.[Au].[CH3-].[CH3-]. The molecule has 1 nitrogen and oxygen atoms in total. The molecule has 2 rings (SSSR count). The van der Waals surface area contributed by atoms with Crippen molar-refractivity contribution in [1.82, 2.24) is 0 Å². The van der Waals surface area contributed by atoms with Crippen LogP contribution in [0.1, 0.15) is 153 Å². The van der Waals surface area contributed by atoms with Crippen LogP contribution in [-0.4, -0.2) is 14.1 Å². The number of hydrogen-bond donors (Lipinski definition) is 0. The number of anilines is 1. The summed E-state index contributed by atoms with van der Waals surface area (Å²) in [4.78, 5) is 2.24. The van der Waals surface area contributed by atoms with E-state index in [-0.39, 0.29) is 37.2 Å². The topological polar surface area (TPSA) is 3.24 Å². The largest absolute Gasteiger partial charge is 0.377 e. The molecule has 239 valence electrons. The van der Waals surface area contributed by atoms with Crippen molar-refractivity contribution in [1.29, 1.82) is 0 Å². The Morgan fingerprint density at radius 2 is 1.05 bits per heavy atom. The van der Waals surface area contributed by atoms with Crippen LogP contribution < -0.4 is 4.90 Å². The fraction of sp³-hybridized carbons (Fsp3) is 0.676. The van der Waals surface area contributed by atoms with Crippen LogP contribution in [0.2, 0.25) is 0 Å². The van der Waals surface area contributed by atoms with Gasteiger partial charge in [-0.2, -0.15) is 0 Å².